The first-order chi connectivity index (χ1) is 10.2. The minimum Gasteiger partial charge on any atom is -0.373 e. The van der Waals surface area contributed by atoms with Gasteiger partial charge in [-0.2, -0.15) is 0 Å². The summed E-state index contributed by atoms with van der Waals surface area (Å²) < 4.78 is 0. The number of halogens is 1. The van der Waals surface area contributed by atoms with Crippen LogP contribution in [0.5, 0.6) is 0 Å². The van der Waals surface area contributed by atoms with E-state index >= 15 is 0 Å². The molecule has 0 radical (unpaired) electrons. The molecule has 1 unspecified atom stereocenters. The van der Waals surface area contributed by atoms with Gasteiger partial charge in [0, 0.05) is 17.6 Å². The first-order valence-electron chi connectivity index (χ1n) is 7.19. The van der Waals surface area contributed by atoms with Crippen LogP contribution in [-0.4, -0.2) is 17.0 Å². The molecule has 1 atom stereocenters. The minimum absolute atomic E-state index is 0.124. The Hall–Kier alpha value is -1.81. The van der Waals surface area contributed by atoms with Gasteiger partial charge in [-0.15, -0.1) is 0 Å². The summed E-state index contributed by atoms with van der Waals surface area (Å²) in [5.41, 5.74) is 2.26. The van der Waals surface area contributed by atoms with Crippen LogP contribution < -0.4 is 10.6 Å². The molecule has 0 amide bonds. The van der Waals surface area contributed by atoms with E-state index in [2.05, 4.69) is 40.5 Å². The van der Waals surface area contributed by atoms with Crippen molar-refractivity contribution in [3.05, 3.63) is 46.7 Å². The Bertz CT molecular complexity index is 601. The van der Waals surface area contributed by atoms with Crippen LogP contribution >= 0.6 is 11.6 Å². The van der Waals surface area contributed by atoms with E-state index in [0.29, 0.717) is 0 Å². The molecule has 1 aromatic heterocycles. The smallest absolute Gasteiger partial charge is 0.135 e. The van der Waals surface area contributed by atoms with Gasteiger partial charge in [0.1, 0.15) is 18.0 Å². The molecule has 2 rings (SSSR count). The summed E-state index contributed by atoms with van der Waals surface area (Å²) in [6, 6.07) is 7.99. The average Bonchev–Trinajstić information content (AvgIpc) is 2.49. The van der Waals surface area contributed by atoms with Crippen molar-refractivity contribution in [2.24, 2.45) is 0 Å². The van der Waals surface area contributed by atoms with Crippen LogP contribution in [0.1, 0.15) is 37.4 Å². The molecule has 2 N–H and O–H groups in total. The Kier molecular flexibility index (Phi) is 5.39. The molecule has 112 valence electrons. The quantitative estimate of drug-likeness (QED) is 0.835. The van der Waals surface area contributed by atoms with Gasteiger partial charge in [-0.1, -0.05) is 37.1 Å². The van der Waals surface area contributed by atoms with Gasteiger partial charge in [0.25, 0.3) is 0 Å². The summed E-state index contributed by atoms with van der Waals surface area (Å²) in [4.78, 5) is 8.69. The van der Waals surface area contributed by atoms with Gasteiger partial charge >= 0.3 is 0 Å². The third kappa shape index (κ3) is 3.85. The monoisotopic (exact) mass is 304 g/mol. The number of anilines is 2. The number of hydrogen-bond donors (Lipinski definition) is 2. The van der Waals surface area contributed by atoms with Crippen LogP contribution in [0, 0.1) is 0 Å². The maximum atomic E-state index is 6.06. The van der Waals surface area contributed by atoms with Gasteiger partial charge in [-0.3, -0.25) is 0 Å². The lowest BCUT2D eigenvalue weighted by molar-refractivity contribution is 0.847. The van der Waals surface area contributed by atoms with Crippen LogP contribution in [-0.2, 0) is 6.42 Å². The van der Waals surface area contributed by atoms with Crippen molar-refractivity contribution in [1.29, 1.82) is 0 Å². The zero-order chi connectivity index (χ0) is 15.2. The number of nitrogens with one attached hydrogen (secondary N) is 2. The Balaban J connectivity index is 2.26. The van der Waals surface area contributed by atoms with Gasteiger partial charge in [-0.25, -0.2) is 9.97 Å². The molecule has 5 heteroatoms. The molecule has 1 aromatic carbocycles. The van der Waals surface area contributed by atoms with Crippen molar-refractivity contribution < 1.29 is 0 Å². The largest absolute Gasteiger partial charge is 0.373 e. The molecule has 4 nitrogen and oxygen atoms in total. The van der Waals surface area contributed by atoms with E-state index in [9.17, 15) is 0 Å². The number of rotatable bonds is 6. The molecule has 1 heterocycles. The van der Waals surface area contributed by atoms with E-state index in [0.717, 1.165) is 40.6 Å². The molecule has 0 spiro atoms. The summed E-state index contributed by atoms with van der Waals surface area (Å²) in [5.74, 6) is 1.76. The molecule has 0 aliphatic rings. The molecule has 0 saturated heterocycles. The second-order valence-electron chi connectivity index (χ2n) is 4.97. The van der Waals surface area contributed by atoms with Gasteiger partial charge in [0.05, 0.1) is 6.04 Å². The Labute approximate surface area is 131 Å². The summed E-state index contributed by atoms with van der Waals surface area (Å²) >= 11 is 6.06. The van der Waals surface area contributed by atoms with E-state index < -0.39 is 0 Å². The fourth-order valence-corrected chi connectivity index (χ4v) is 2.50. The predicted molar refractivity (Wildman–Crippen MR) is 89.1 cm³/mol. The molecular weight excluding hydrogens is 284 g/mol. The van der Waals surface area contributed by atoms with Gasteiger partial charge in [0.15, 0.2) is 0 Å². The van der Waals surface area contributed by atoms with Crippen LogP contribution in [0.15, 0.2) is 30.6 Å². The number of nitrogens with zero attached hydrogens (tertiary/aromatic N) is 2. The first-order valence-corrected chi connectivity index (χ1v) is 7.57. The summed E-state index contributed by atoms with van der Waals surface area (Å²) in [7, 11) is 1.88. The predicted octanol–water partition coefficient (Wildman–Crippen LogP) is 4.30. The van der Waals surface area contributed by atoms with Crippen molar-refractivity contribution in [2.75, 3.05) is 17.7 Å². The molecule has 21 heavy (non-hydrogen) atoms. The van der Waals surface area contributed by atoms with Crippen LogP contribution in [0.4, 0.5) is 11.6 Å². The van der Waals surface area contributed by atoms with E-state index in [1.807, 2.05) is 25.2 Å². The highest BCUT2D eigenvalue weighted by atomic mass is 35.5. The zero-order valence-electron chi connectivity index (χ0n) is 12.7. The molecule has 0 aliphatic heterocycles. The zero-order valence-corrected chi connectivity index (χ0v) is 13.4. The number of hydrogen-bond acceptors (Lipinski definition) is 4. The highest BCUT2D eigenvalue weighted by Gasteiger charge is 2.13. The summed E-state index contributed by atoms with van der Waals surface area (Å²) in [5, 5.41) is 7.34. The van der Waals surface area contributed by atoms with Crippen molar-refractivity contribution in [1.82, 2.24) is 9.97 Å². The second-order valence-corrected chi connectivity index (χ2v) is 5.41. The Morgan fingerprint density at radius 2 is 2.00 bits per heavy atom. The van der Waals surface area contributed by atoms with Gasteiger partial charge < -0.3 is 10.6 Å². The number of aromatic nitrogens is 2. The minimum atomic E-state index is 0.124. The van der Waals surface area contributed by atoms with Crippen LogP contribution in [0.25, 0.3) is 0 Å². The fraction of sp³-hybridized carbons (Fsp3) is 0.375. The lowest BCUT2D eigenvalue weighted by Crippen LogP contribution is -2.12. The highest BCUT2D eigenvalue weighted by molar-refractivity contribution is 6.30. The van der Waals surface area contributed by atoms with E-state index in [1.165, 1.54) is 0 Å². The third-order valence-electron chi connectivity index (χ3n) is 3.38. The van der Waals surface area contributed by atoms with E-state index in [4.69, 9.17) is 11.6 Å². The fourth-order valence-electron chi connectivity index (χ4n) is 2.30. The third-order valence-corrected chi connectivity index (χ3v) is 3.62. The van der Waals surface area contributed by atoms with Crippen molar-refractivity contribution >= 4 is 23.2 Å². The SMILES string of the molecule is CCCc1c(NC)ncnc1NC(C)c1cccc(Cl)c1. The molecular formula is C16H21ClN4. The first kappa shape index (κ1) is 15.6. The van der Waals surface area contributed by atoms with E-state index in [1.54, 1.807) is 6.33 Å². The summed E-state index contributed by atoms with van der Waals surface area (Å²) in [6.07, 6.45) is 3.56. The lowest BCUT2D eigenvalue weighted by atomic mass is 10.1. The molecule has 0 fully saturated rings. The Morgan fingerprint density at radius 1 is 1.24 bits per heavy atom. The Morgan fingerprint density at radius 3 is 2.67 bits per heavy atom. The van der Waals surface area contributed by atoms with Crippen molar-refractivity contribution in [2.45, 2.75) is 32.7 Å². The van der Waals surface area contributed by atoms with Crippen molar-refractivity contribution in [3.8, 4) is 0 Å². The second kappa shape index (κ2) is 7.27. The molecule has 0 aliphatic carbocycles. The topological polar surface area (TPSA) is 49.8 Å². The lowest BCUT2D eigenvalue weighted by Gasteiger charge is -2.19. The average molecular weight is 305 g/mol. The maximum absolute atomic E-state index is 6.06. The van der Waals surface area contributed by atoms with Crippen molar-refractivity contribution in [3.63, 3.8) is 0 Å². The maximum Gasteiger partial charge on any atom is 0.135 e. The standard InChI is InChI=1S/C16H21ClN4/c1-4-6-14-15(18-3)19-10-20-16(14)21-11(2)12-7-5-8-13(17)9-12/h5,7-11H,4,6H2,1-3H3,(H2,18,19,20,21). The highest BCUT2D eigenvalue weighted by Crippen LogP contribution is 2.26. The normalized spacial score (nSPS) is 12.0. The number of benzene rings is 1. The van der Waals surface area contributed by atoms with Crippen LogP contribution in [0.3, 0.4) is 0 Å². The van der Waals surface area contributed by atoms with Gasteiger partial charge in [0.2, 0.25) is 0 Å². The van der Waals surface area contributed by atoms with Gasteiger partial charge in [-0.05, 0) is 31.0 Å². The van der Waals surface area contributed by atoms with E-state index in [-0.39, 0.29) is 6.04 Å². The molecule has 0 saturated carbocycles. The van der Waals surface area contributed by atoms with Crippen LogP contribution in [0.2, 0.25) is 5.02 Å². The molecule has 0 bridgehead atoms. The molecule has 2 aromatic rings. The summed E-state index contributed by atoms with van der Waals surface area (Å²) in [6.45, 7) is 4.25.